The molecule has 0 aromatic carbocycles. The first-order valence-corrected chi connectivity index (χ1v) is 9.51. The molecule has 0 radical (unpaired) electrons. The highest BCUT2D eigenvalue weighted by atomic mass is 32.2. The van der Waals surface area contributed by atoms with Gasteiger partial charge in [0.05, 0.1) is 11.5 Å². The van der Waals surface area contributed by atoms with Crippen molar-refractivity contribution in [3.05, 3.63) is 0 Å². The standard InChI is InChI=1S/C13H24FN3OS2/c1-8-16-17-13(20-8)19-7-12-15-6-11(18-12)9-2-4-10(14)5-3-9/h8-13,15-17H,2-7H2,1H3. The third-order valence-corrected chi connectivity index (χ3v) is 6.79. The summed E-state index contributed by atoms with van der Waals surface area (Å²) < 4.78 is 19.7. The summed E-state index contributed by atoms with van der Waals surface area (Å²) in [7, 11) is 0. The van der Waals surface area contributed by atoms with Crippen molar-refractivity contribution in [3.63, 3.8) is 0 Å². The second kappa shape index (κ2) is 7.15. The highest BCUT2D eigenvalue weighted by Gasteiger charge is 2.34. The van der Waals surface area contributed by atoms with Crippen LogP contribution in [0.1, 0.15) is 32.6 Å². The Balaban J connectivity index is 1.36. The number of hydrazine groups is 1. The number of hydrogen-bond donors (Lipinski definition) is 3. The molecule has 3 fully saturated rings. The summed E-state index contributed by atoms with van der Waals surface area (Å²) in [5, 5.41) is 3.92. The van der Waals surface area contributed by atoms with Crippen LogP contribution < -0.4 is 16.2 Å². The topological polar surface area (TPSA) is 45.3 Å². The molecule has 1 saturated carbocycles. The van der Waals surface area contributed by atoms with Crippen molar-refractivity contribution in [2.45, 2.75) is 61.2 Å². The molecular weight excluding hydrogens is 297 g/mol. The molecule has 3 N–H and O–H groups in total. The van der Waals surface area contributed by atoms with Crippen LogP contribution in [0.3, 0.4) is 0 Å². The van der Waals surface area contributed by atoms with Crippen LogP contribution in [0, 0.1) is 5.92 Å². The van der Waals surface area contributed by atoms with Gasteiger partial charge in [-0.05, 0) is 38.5 Å². The minimum atomic E-state index is -0.577. The number of ether oxygens (including phenoxy) is 1. The summed E-state index contributed by atoms with van der Waals surface area (Å²) in [6, 6.07) is 0. The van der Waals surface area contributed by atoms with E-state index in [2.05, 4.69) is 23.1 Å². The Morgan fingerprint density at radius 2 is 2.05 bits per heavy atom. The fourth-order valence-corrected chi connectivity index (χ4v) is 5.47. The lowest BCUT2D eigenvalue weighted by atomic mass is 9.84. The summed E-state index contributed by atoms with van der Waals surface area (Å²) in [6.07, 6.45) is 3.25. The smallest absolute Gasteiger partial charge is 0.117 e. The molecule has 4 nitrogen and oxygen atoms in total. The molecule has 3 rings (SSSR count). The van der Waals surface area contributed by atoms with Crippen LogP contribution in [0.15, 0.2) is 0 Å². The number of halogens is 1. The van der Waals surface area contributed by atoms with E-state index in [0.717, 1.165) is 38.0 Å². The molecule has 0 bridgehead atoms. The van der Waals surface area contributed by atoms with E-state index in [-0.39, 0.29) is 12.3 Å². The zero-order valence-electron chi connectivity index (χ0n) is 11.8. The van der Waals surface area contributed by atoms with Gasteiger partial charge in [0, 0.05) is 12.3 Å². The fraction of sp³-hybridized carbons (Fsp3) is 1.00. The molecule has 0 spiro atoms. The van der Waals surface area contributed by atoms with Gasteiger partial charge in [-0.2, -0.15) is 0 Å². The molecule has 1 aliphatic carbocycles. The van der Waals surface area contributed by atoms with Crippen molar-refractivity contribution >= 4 is 23.5 Å². The molecule has 4 atom stereocenters. The van der Waals surface area contributed by atoms with Gasteiger partial charge in [-0.3, -0.25) is 5.32 Å². The van der Waals surface area contributed by atoms with Gasteiger partial charge in [-0.25, -0.2) is 15.2 Å². The Kier molecular flexibility index (Phi) is 5.50. The van der Waals surface area contributed by atoms with Crippen molar-refractivity contribution in [2.75, 3.05) is 12.3 Å². The van der Waals surface area contributed by atoms with Crippen LogP contribution in [-0.2, 0) is 4.74 Å². The molecule has 0 aromatic heterocycles. The summed E-state index contributed by atoms with van der Waals surface area (Å²) >= 11 is 3.77. The first-order valence-electron chi connectivity index (χ1n) is 7.52. The number of thioether (sulfide) groups is 2. The Bertz CT molecular complexity index is 318. The average molecular weight is 321 g/mol. The molecule has 20 heavy (non-hydrogen) atoms. The summed E-state index contributed by atoms with van der Waals surface area (Å²) in [5.74, 6) is 1.50. The highest BCUT2D eigenvalue weighted by Crippen LogP contribution is 2.33. The molecule has 0 aromatic rings. The number of rotatable bonds is 4. The van der Waals surface area contributed by atoms with Crippen molar-refractivity contribution in [1.82, 2.24) is 16.2 Å². The molecule has 2 saturated heterocycles. The van der Waals surface area contributed by atoms with Crippen LogP contribution in [0.4, 0.5) is 4.39 Å². The zero-order chi connectivity index (χ0) is 13.9. The third-order valence-electron chi connectivity index (χ3n) is 4.24. The number of nitrogens with one attached hydrogen (secondary N) is 3. The van der Waals surface area contributed by atoms with E-state index in [0.29, 0.717) is 16.0 Å². The second-order valence-corrected chi connectivity index (χ2v) is 8.70. The van der Waals surface area contributed by atoms with Crippen molar-refractivity contribution in [3.8, 4) is 0 Å². The SMILES string of the molecule is CC1NNC(SCC2NCC(C3CCC(F)CC3)O2)S1. The molecule has 3 aliphatic rings. The summed E-state index contributed by atoms with van der Waals surface area (Å²) in [5.41, 5.74) is 6.47. The minimum absolute atomic E-state index is 0.145. The van der Waals surface area contributed by atoms with E-state index < -0.39 is 6.17 Å². The molecule has 116 valence electrons. The van der Waals surface area contributed by atoms with Crippen molar-refractivity contribution < 1.29 is 9.13 Å². The van der Waals surface area contributed by atoms with Gasteiger partial charge in [-0.15, -0.1) is 23.5 Å². The molecule has 7 heteroatoms. The van der Waals surface area contributed by atoms with E-state index in [9.17, 15) is 4.39 Å². The largest absolute Gasteiger partial charge is 0.358 e. The van der Waals surface area contributed by atoms with Crippen LogP contribution in [-0.4, -0.2) is 40.9 Å². The molecular formula is C13H24FN3OS2. The molecule has 0 amide bonds. The van der Waals surface area contributed by atoms with Crippen molar-refractivity contribution in [1.29, 1.82) is 0 Å². The first kappa shape index (κ1) is 15.4. The molecule has 2 heterocycles. The van der Waals surface area contributed by atoms with E-state index in [1.54, 1.807) is 0 Å². The lowest BCUT2D eigenvalue weighted by molar-refractivity contribution is 0.00431. The highest BCUT2D eigenvalue weighted by molar-refractivity contribution is 8.17. The van der Waals surface area contributed by atoms with E-state index >= 15 is 0 Å². The summed E-state index contributed by atoms with van der Waals surface area (Å²) in [6.45, 7) is 3.08. The van der Waals surface area contributed by atoms with Crippen molar-refractivity contribution in [2.24, 2.45) is 5.92 Å². The van der Waals surface area contributed by atoms with Gasteiger partial charge < -0.3 is 4.74 Å². The fourth-order valence-electron chi connectivity index (χ4n) is 3.08. The third kappa shape index (κ3) is 4.01. The second-order valence-electron chi connectivity index (χ2n) is 5.82. The Morgan fingerprint density at radius 1 is 1.25 bits per heavy atom. The number of alkyl halides is 1. The van der Waals surface area contributed by atoms with Gasteiger partial charge in [-0.1, -0.05) is 0 Å². The predicted octanol–water partition coefficient (Wildman–Crippen LogP) is 2.03. The first-order chi connectivity index (χ1) is 9.70. The van der Waals surface area contributed by atoms with Crippen LogP contribution in [0.25, 0.3) is 0 Å². The van der Waals surface area contributed by atoms with Gasteiger partial charge >= 0.3 is 0 Å². The van der Waals surface area contributed by atoms with Gasteiger partial charge in [0.15, 0.2) is 0 Å². The lowest BCUT2D eigenvalue weighted by Gasteiger charge is -2.28. The normalized spacial score (nSPS) is 45.9. The van der Waals surface area contributed by atoms with E-state index in [1.807, 2.05) is 23.5 Å². The van der Waals surface area contributed by atoms with Crippen LogP contribution in [0.5, 0.6) is 0 Å². The van der Waals surface area contributed by atoms with E-state index in [1.165, 1.54) is 0 Å². The maximum absolute atomic E-state index is 13.2. The lowest BCUT2D eigenvalue weighted by Crippen LogP contribution is -2.32. The predicted molar refractivity (Wildman–Crippen MR) is 83.1 cm³/mol. The summed E-state index contributed by atoms with van der Waals surface area (Å²) in [4.78, 5) is 0. The minimum Gasteiger partial charge on any atom is -0.358 e. The van der Waals surface area contributed by atoms with Crippen LogP contribution in [0.2, 0.25) is 0 Å². The van der Waals surface area contributed by atoms with Crippen LogP contribution >= 0.6 is 23.5 Å². The monoisotopic (exact) mass is 321 g/mol. The van der Waals surface area contributed by atoms with E-state index in [4.69, 9.17) is 4.74 Å². The Morgan fingerprint density at radius 3 is 2.75 bits per heavy atom. The van der Waals surface area contributed by atoms with Gasteiger partial charge in [0.1, 0.15) is 17.1 Å². The Labute approximate surface area is 128 Å². The maximum atomic E-state index is 13.2. The molecule has 2 aliphatic heterocycles. The average Bonchev–Trinajstić information content (AvgIpc) is 3.06. The Hall–Kier alpha value is 0.470. The quantitative estimate of drug-likeness (QED) is 0.736. The zero-order valence-corrected chi connectivity index (χ0v) is 13.4. The van der Waals surface area contributed by atoms with Gasteiger partial charge in [0.25, 0.3) is 0 Å². The maximum Gasteiger partial charge on any atom is 0.117 e. The van der Waals surface area contributed by atoms with Gasteiger partial charge in [0.2, 0.25) is 0 Å². The molecule has 4 unspecified atom stereocenters. The number of hydrogen-bond acceptors (Lipinski definition) is 6.